The van der Waals surface area contributed by atoms with E-state index in [9.17, 15) is 0 Å². The lowest BCUT2D eigenvalue weighted by Gasteiger charge is -2.07. The molecule has 96 valence electrons. The van der Waals surface area contributed by atoms with Crippen molar-refractivity contribution in [1.82, 2.24) is 4.57 Å². The first kappa shape index (κ1) is 12.7. The number of anilines is 1. The fraction of sp³-hybridized carbons (Fsp3) is 0.375. The van der Waals surface area contributed by atoms with Crippen LogP contribution in [0.1, 0.15) is 30.0 Å². The van der Waals surface area contributed by atoms with Crippen molar-refractivity contribution in [2.45, 2.75) is 40.3 Å². The molecule has 0 aliphatic carbocycles. The molecule has 1 aromatic carbocycles. The Balaban J connectivity index is 1.97. The number of hydrogen-bond donors (Lipinski definition) is 1. The van der Waals surface area contributed by atoms with Crippen LogP contribution in [0.2, 0.25) is 0 Å². The zero-order valence-electron chi connectivity index (χ0n) is 11.5. The molecule has 0 saturated carbocycles. The third-order valence-electron chi connectivity index (χ3n) is 3.01. The largest absolute Gasteiger partial charge is 0.381 e. The average molecular weight is 242 g/mol. The number of benzene rings is 1. The molecule has 1 aromatic heterocycles. The highest BCUT2D eigenvalue weighted by atomic mass is 14.9. The van der Waals surface area contributed by atoms with Gasteiger partial charge in [-0.1, -0.05) is 13.0 Å². The van der Waals surface area contributed by atoms with Crippen LogP contribution in [0.25, 0.3) is 0 Å². The Morgan fingerprint density at radius 2 is 1.83 bits per heavy atom. The fourth-order valence-corrected chi connectivity index (χ4v) is 2.27. The van der Waals surface area contributed by atoms with E-state index in [-0.39, 0.29) is 0 Å². The van der Waals surface area contributed by atoms with Crippen LogP contribution in [0.3, 0.4) is 0 Å². The van der Waals surface area contributed by atoms with Gasteiger partial charge in [0.15, 0.2) is 0 Å². The second-order valence-electron chi connectivity index (χ2n) is 4.99. The molecular weight excluding hydrogens is 220 g/mol. The molecule has 2 heteroatoms. The van der Waals surface area contributed by atoms with E-state index >= 15 is 0 Å². The third-order valence-corrected chi connectivity index (χ3v) is 3.01. The number of aromatic nitrogens is 1. The first-order valence-electron chi connectivity index (χ1n) is 6.64. The fourth-order valence-electron chi connectivity index (χ4n) is 2.27. The molecule has 2 nitrogen and oxygen atoms in total. The zero-order chi connectivity index (χ0) is 13.0. The first-order chi connectivity index (χ1) is 8.67. The van der Waals surface area contributed by atoms with Gasteiger partial charge in [-0.2, -0.15) is 0 Å². The van der Waals surface area contributed by atoms with Crippen molar-refractivity contribution >= 4 is 5.69 Å². The van der Waals surface area contributed by atoms with Crippen LogP contribution < -0.4 is 5.32 Å². The van der Waals surface area contributed by atoms with Gasteiger partial charge in [-0.3, -0.25) is 0 Å². The first-order valence-corrected chi connectivity index (χ1v) is 6.64. The number of rotatable bonds is 5. The van der Waals surface area contributed by atoms with Gasteiger partial charge < -0.3 is 9.88 Å². The smallest absolute Gasteiger partial charge is 0.0415 e. The lowest BCUT2D eigenvalue weighted by Crippen LogP contribution is -1.99. The zero-order valence-corrected chi connectivity index (χ0v) is 11.5. The monoisotopic (exact) mass is 242 g/mol. The van der Waals surface area contributed by atoms with E-state index in [4.69, 9.17) is 0 Å². The third kappa shape index (κ3) is 3.39. The number of aryl methyl sites for hydroxylation is 3. The molecule has 2 aromatic rings. The molecule has 0 spiro atoms. The molecule has 1 heterocycles. The van der Waals surface area contributed by atoms with Crippen molar-refractivity contribution in [3.8, 4) is 0 Å². The molecular formula is C16H22N2. The highest BCUT2D eigenvalue weighted by Gasteiger charge is 1.98. The Kier molecular flexibility index (Phi) is 4.08. The van der Waals surface area contributed by atoms with Gasteiger partial charge in [0.1, 0.15) is 0 Å². The summed E-state index contributed by atoms with van der Waals surface area (Å²) in [6, 6.07) is 8.76. The molecule has 0 unspecified atom stereocenters. The van der Waals surface area contributed by atoms with Crippen LogP contribution in [-0.4, -0.2) is 4.57 Å². The molecule has 0 saturated heterocycles. The van der Waals surface area contributed by atoms with E-state index < -0.39 is 0 Å². The summed E-state index contributed by atoms with van der Waals surface area (Å²) in [6.07, 6.45) is 5.56. The summed E-state index contributed by atoms with van der Waals surface area (Å²) in [5.41, 5.74) is 5.15. The molecule has 0 fully saturated rings. The molecule has 0 aliphatic rings. The van der Waals surface area contributed by atoms with Gasteiger partial charge in [0.05, 0.1) is 0 Å². The second-order valence-corrected chi connectivity index (χ2v) is 4.99. The molecule has 0 atom stereocenters. The Morgan fingerprint density at radius 3 is 2.50 bits per heavy atom. The molecule has 1 N–H and O–H groups in total. The highest BCUT2D eigenvalue weighted by Crippen LogP contribution is 2.15. The van der Waals surface area contributed by atoms with Gasteiger partial charge in [-0.05, 0) is 55.2 Å². The van der Waals surface area contributed by atoms with Crippen LogP contribution in [-0.2, 0) is 13.1 Å². The van der Waals surface area contributed by atoms with Crippen molar-refractivity contribution in [2.75, 3.05) is 5.32 Å². The number of nitrogens with one attached hydrogen (secondary N) is 1. The Labute approximate surface area is 110 Å². The normalized spacial score (nSPS) is 10.6. The van der Waals surface area contributed by atoms with Gasteiger partial charge in [0.25, 0.3) is 0 Å². The Hall–Kier alpha value is -1.70. The maximum absolute atomic E-state index is 3.48. The van der Waals surface area contributed by atoms with Crippen LogP contribution in [0.15, 0.2) is 36.7 Å². The molecule has 0 aliphatic heterocycles. The minimum atomic E-state index is 0.888. The van der Waals surface area contributed by atoms with E-state index in [1.807, 2.05) is 0 Å². The summed E-state index contributed by atoms with van der Waals surface area (Å²) in [5.74, 6) is 0. The van der Waals surface area contributed by atoms with Crippen molar-refractivity contribution in [2.24, 2.45) is 0 Å². The Bertz CT molecular complexity index is 491. The average Bonchev–Trinajstić information content (AvgIpc) is 2.74. The maximum Gasteiger partial charge on any atom is 0.0415 e. The lowest BCUT2D eigenvalue weighted by molar-refractivity contribution is 0.682. The molecule has 0 bridgehead atoms. The Morgan fingerprint density at radius 1 is 1.11 bits per heavy atom. The van der Waals surface area contributed by atoms with Gasteiger partial charge in [-0.25, -0.2) is 0 Å². The maximum atomic E-state index is 3.48. The van der Waals surface area contributed by atoms with Gasteiger partial charge in [-0.15, -0.1) is 0 Å². The van der Waals surface area contributed by atoms with E-state index in [1.165, 1.54) is 28.8 Å². The minimum Gasteiger partial charge on any atom is -0.381 e. The summed E-state index contributed by atoms with van der Waals surface area (Å²) < 4.78 is 2.25. The molecule has 0 amide bonds. The molecule has 0 radical (unpaired) electrons. The van der Waals surface area contributed by atoms with Crippen molar-refractivity contribution < 1.29 is 0 Å². The molecule has 18 heavy (non-hydrogen) atoms. The van der Waals surface area contributed by atoms with Crippen LogP contribution in [0.4, 0.5) is 5.69 Å². The van der Waals surface area contributed by atoms with E-state index in [1.54, 1.807) is 0 Å². The van der Waals surface area contributed by atoms with Crippen LogP contribution in [0.5, 0.6) is 0 Å². The predicted octanol–water partition coefficient (Wildman–Crippen LogP) is 4.13. The summed E-state index contributed by atoms with van der Waals surface area (Å²) in [7, 11) is 0. The number of nitrogens with zero attached hydrogens (tertiary/aromatic N) is 1. The lowest BCUT2D eigenvalue weighted by atomic mass is 10.1. The van der Waals surface area contributed by atoms with Crippen molar-refractivity contribution in [1.29, 1.82) is 0 Å². The molecule has 2 rings (SSSR count). The summed E-state index contributed by atoms with van der Waals surface area (Å²) >= 11 is 0. The standard InChI is InChI=1S/C16H22N2/c1-4-6-18-7-5-15(12-18)11-17-16-9-13(2)8-14(3)10-16/h5,7-10,12,17H,4,6,11H2,1-3H3. The highest BCUT2D eigenvalue weighted by molar-refractivity contribution is 5.48. The van der Waals surface area contributed by atoms with Crippen LogP contribution >= 0.6 is 0 Å². The van der Waals surface area contributed by atoms with Crippen LogP contribution in [0, 0.1) is 13.8 Å². The summed E-state index contributed by atoms with van der Waals surface area (Å²) in [6.45, 7) is 8.46. The summed E-state index contributed by atoms with van der Waals surface area (Å²) in [5, 5.41) is 3.48. The predicted molar refractivity (Wildman–Crippen MR) is 78.0 cm³/mol. The van der Waals surface area contributed by atoms with Gasteiger partial charge in [0.2, 0.25) is 0 Å². The number of hydrogen-bond acceptors (Lipinski definition) is 1. The topological polar surface area (TPSA) is 17.0 Å². The summed E-state index contributed by atoms with van der Waals surface area (Å²) in [4.78, 5) is 0. The SMILES string of the molecule is CCCn1ccc(CNc2cc(C)cc(C)c2)c1. The van der Waals surface area contributed by atoms with Crippen molar-refractivity contribution in [3.63, 3.8) is 0 Å². The second kappa shape index (κ2) is 5.76. The van der Waals surface area contributed by atoms with E-state index in [2.05, 4.69) is 67.3 Å². The van der Waals surface area contributed by atoms with Crippen molar-refractivity contribution in [3.05, 3.63) is 53.3 Å². The van der Waals surface area contributed by atoms with E-state index in [0.717, 1.165) is 13.1 Å². The minimum absolute atomic E-state index is 0.888. The quantitative estimate of drug-likeness (QED) is 0.834. The van der Waals surface area contributed by atoms with E-state index in [0.29, 0.717) is 0 Å². The van der Waals surface area contributed by atoms with Gasteiger partial charge in [0, 0.05) is 31.2 Å². The van der Waals surface area contributed by atoms with Gasteiger partial charge >= 0.3 is 0 Å².